The van der Waals surface area contributed by atoms with Crippen LogP contribution >= 0.6 is 34.5 Å². The van der Waals surface area contributed by atoms with E-state index in [-0.39, 0.29) is 0 Å². The Bertz CT molecular complexity index is 682. The molecular formula is C14H16Cl2N6S. The lowest BCUT2D eigenvalue weighted by atomic mass is 10.3. The molecule has 0 atom stereocenters. The molecule has 0 amide bonds. The van der Waals surface area contributed by atoms with Gasteiger partial charge in [-0.3, -0.25) is 0 Å². The molecule has 9 heteroatoms. The maximum absolute atomic E-state index is 6.09. The zero-order chi connectivity index (χ0) is 16.2. The van der Waals surface area contributed by atoms with E-state index in [1.165, 1.54) is 11.3 Å². The van der Waals surface area contributed by atoms with E-state index in [0.717, 1.165) is 37.7 Å². The number of aliphatic imine (C=N–C) groups is 1. The number of guanidine groups is 1. The van der Waals surface area contributed by atoms with Gasteiger partial charge in [0.2, 0.25) is 5.95 Å². The molecule has 0 radical (unpaired) electrons. The van der Waals surface area contributed by atoms with Gasteiger partial charge >= 0.3 is 0 Å². The van der Waals surface area contributed by atoms with Crippen LogP contribution in [-0.4, -0.2) is 47.0 Å². The number of anilines is 1. The summed E-state index contributed by atoms with van der Waals surface area (Å²) < 4.78 is 1.33. The number of piperazine rings is 1. The van der Waals surface area contributed by atoms with E-state index in [0.29, 0.717) is 21.2 Å². The van der Waals surface area contributed by atoms with E-state index in [1.54, 1.807) is 12.4 Å². The van der Waals surface area contributed by atoms with E-state index >= 15 is 0 Å². The maximum Gasteiger partial charge on any atom is 0.225 e. The lowest BCUT2D eigenvalue weighted by Crippen LogP contribution is -2.51. The molecule has 0 aromatic carbocycles. The zero-order valence-electron chi connectivity index (χ0n) is 12.3. The number of rotatable bonds is 3. The van der Waals surface area contributed by atoms with Crippen molar-refractivity contribution in [2.75, 3.05) is 31.1 Å². The summed E-state index contributed by atoms with van der Waals surface area (Å²) in [7, 11) is 0. The highest BCUT2D eigenvalue weighted by Crippen LogP contribution is 2.31. The number of thiophene rings is 1. The van der Waals surface area contributed by atoms with Crippen LogP contribution in [0.25, 0.3) is 0 Å². The third kappa shape index (κ3) is 4.04. The van der Waals surface area contributed by atoms with Gasteiger partial charge in [0, 0.05) is 44.1 Å². The molecule has 122 valence electrons. The Morgan fingerprint density at radius 3 is 2.52 bits per heavy atom. The minimum Gasteiger partial charge on any atom is -0.370 e. The molecule has 0 saturated carbocycles. The van der Waals surface area contributed by atoms with Crippen LogP contribution in [0.1, 0.15) is 5.56 Å². The van der Waals surface area contributed by atoms with Crippen molar-refractivity contribution in [2.24, 2.45) is 10.7 Å². The van der Waals surface area contributed by atoms with Crippen molar-refractivity contribution in [3.05, 3.63) is 38.8 Å². The van der Waals surface area contributed by atoms with Crippen LogP contribution in [0.3, 0.4) is 0 Å². The summed E-state index contributed by atoms with van der Waals surface area (Å²) in [5.41, 5.74) is 6.99. The lowest BCUT2D eigenvalue weighted by Gasteiger charge is -2.35. The van der Waals surface area contributed by atoms with E-state index in [9.17, 15) is 0 Å². The highest BCUT2D eigenvalue weighted by atomic mass is 35.5. The van der Waals surface area contributed by atoms with Crippen LogP contribution in [0.4, 0.5) is 5.95 Å². The molecule has 0 unspecified atom stereocenters. The molecule has 23 heavy (non-hydrogen) atoms. The quantitative estimate of drug-likeness (QED) is 0.663. The van der Waals surface area contributed by atoms with Crippen LogP contribution in [-0.2, 0) is 6.54 Å². The molecule has 0 spiro atoms. The summed E-state index contributed by atoms with van der Waals surface area (Å²) in [6, 6.07) is 3.64. The van der Waals surface area contributed by atoms with E-state index in [1.807, 2.05) is 12.1 Å². The third-order valence-electron chi connectivity index (χ3n) is 3.58. The molecule has 0 bridgehead atoms. The number of hydrogen-bond acceptors (Lipinski definition) is 5. The second-order valence-corrected chi connectivity index (χ2v) is 7.33. The van der Waals surface area contributed by atoms with Gasteiger partial charge in [-0.15, -0.1) is 11.3 Å². The molecule has 2 aromatic heterocycles. The van der Waals surface area contributed by atoms with Crippen molar-refractivity contribution in [1.82, 2.24) is 14.9 Å². The largest absolute Gasteiger partial charge is 0.370 e. The van der Waals surface area contributed by atoms with Gasteiger partial charge in [0.05, 0.1) is 15.2 Å². The SMILES string of the molecule is NC(=NCc1cc(Cl)sc1Cl)N1CCN(c2ncccn2)CC1. The summed E-state index contributed by atoms with van der Waals surface area (Å²) >= 11 is 13.4. The van der Waals surface area contributed by atoms with Gasteiger partial charge in [-0.05, 0) is 12.1 Å². The van der Waals surface area contributed by atoms with Gasteiger partial charge in [-0.25, -0.2) is 15.0 Å². The number of aromatic nitrogens is 2. The molecule has 1 aliphatic heterocycles. The van der Waals surface area contributed by atoms with Gasteiger partial charge in [0.25, 0.3) is 0 Å². The van der Waals surface area contributed by atoms with Crippen LogP contribution < -0.4 is 10.6 Å². The third-order valence-corrected chi connectivity index (χ3v) is 5.15. The minimum absolute atomic E-state index is 0.440. The highest BCUT2D eigenvalue weighted by Gasteiger charge is 2.20. The van der Waals surface area contributed by atoms with Crippen molar-refractivity contribution in [3.63, 3.8) is 0 Å². The van der Waals surface area contributed by atoms with Gasteiger partial charge in [0.1, 0.15) is 0 Å². The second kappa shape index (κ2) is 7.33. The number of nitrogens with zero attached hydrogens (tertiary/aromatic N) is 5. The van der Waals surface area contributed by atoms with Crippen molar-refractivity contribution >= 4 is 46.4 Å². The fraction of sp³-hybridized carbons (Fsp3) is 0.357. The Hall–Kier alpha value is -1.57. The van der Waals surface area contributed by atoms with E-state index in [2.05, 4.69) is 24.8 Å². The smallest absolute Gasteiger partial charge is 0.225 e. The van der Waals surface area contributed by atoms with Gasteiger partial charge in [-0.2, -0.15) is 0 Å². The molecule has 1 fully saturated rings. The summed E-state index contributed by atoms with van der Waals surface area (Å²) in [4.78, 5) is 17.2. The Kier molecular flexibility index (Phi) is 5.20. The van der Waals surface area contributed by atoms with Crippen LogP contribution in [0, 0.1) is 0 Å². The molecule has 1 saturated heterocycles. The predicted molar refractivity (Wildman–Crippen MR) is 95.5 cm³/mol. The number of halogens is 2. The summed E-state index contributed by atoms with van der Waals surface area (Å²) in [5, 5.41) is 0. The fourth-order valence-corrected chi connectivity index (χ4v) is 3.81. The Morgan fingerprint density at radius 1 is 1.22 bits per heavy atom. The van der Waals surface area contributed by atoms with Crippen LogP contribution in [0.15, 0.2) is 29.5 Å². The monoisotopic (exact) mass is 370 g/mol. The first kappa shape index (κ1) is 16.3. The number of hydrogen-bond donors (Lipinski definition) is 1. The maximum atomic E-state index is 6.09. The fourth-order valence-electron chi connectivity index (χ4n) is 2.34. The van der Waals surface area contributed by atoms with Gasteiger partial charge in [0.15, 0.2) is 5.96 Å². The Labute approximate surface area is 148 Å². The first-order chi connectivity index (χ1) is 11.1. The van der Waals surface area contributed by atoms with Gasteiger partial charge in [-0.1, -0.05) is 23.2 Å². The molecule has 6 nitrogen and oxygen atoms in total. The molecule has 3 heterocycles. The summed E-state index contributed by atoms with van der Waals surface area (Å²) in [5.74, 6) is 1.28. The first-order valence-corrected chi connectivity index (χ1v) is 8.71. The molecule has 3 rings (SSSR count). The average Bonchev–Trinajstić information content (AvgIpc) is 2.91. The van der Waals surface area contributed by atoms with Crippen molar-refractivity contribution < 1.29 is 0 Å². The van der Waals surface area contributed by atoms with Crippen molar-refractivity contribution in [1.29, 1.82) is 0 Å². The lowest BCUT2D eigenvalue weighted by molar-refractivity contribution is 0.378. The molecular weight excluding hydrogens is 355 g/mol. The minimum atomic E-state index is 0.440. The zero-order valence-corrected chi connectivity index (χ0v) is 14.7. The van der Waals surface area contributed by atoms with E-state index in [4.69, 9.17) is 28.9 Å². The molecule has 1 aliphatic rings. The first-order valence-electron chi connectivity index (χ1n) is 7.14. The Morgan fingerprint density at radius 2 is 1.91 bits per heavy atom. The predicted octanol–water partition coefficient (Wildman–Crippen LogP) is 2.48. The van der Waals surface area contributed by atoms with Gasteiger partial charge < -0.3 is 15.5 Å². The normalized spacial score (nSPS) is 16.0. The highest BCUT2D eigenvalue weighted by molar-refractivity contribution is 7.20. The van der Waals surface area contributed by atoms with Crippen LogP contribution in [0.5, 0.6) is 0 Å². The molecule has 2 N–H and O–H groups in total. The van der Waals surface area contributed by atoms with E-state index < -0.39 is 0 Å². The van der Waals surface area contributed by atoms with Crippen LogP contribution in [0.2, 0.25) is 8.67 Å². The second-order valence-electron chi connectivity index (χ2n) is 5.05. The standard InChI is InChI=1S/C14H16Cl2N6S/c15-11-8-10(12(16)23-11)9-20-13(17)21-4-6-22(7-5-21)14-18-2-1-3-19-14/h1-3,8H,4-7,9H2,(H2,17,20). The summed E-state index contributed by atoms with van der Waals surface area (Å²) in [6.45, 7) is 3.63. The van der Waals surface area contributed by atoms with Crippen molar-refractivity contribution in [2.45, 2.75) is 6.54 Å². The molecule has 0 aliphatic carbocycles. The van der Waals surface area contributed by atoms with Crippen molar-refractivity contribution in [3.8, 4) is 0 Å². The number of nitrogens with two attached hydrogens (primary N) is 1. The summed E-state index contributed by atoms with van der Waals surface area (Å²) in [6.07, 6.45) is 3.50. The topological polar surface area (TPSA) is 70.6 Å². The molecule has 2 aromatic rings. The Balaban J connectivity index is 1.56. The average molecular weight is 371 g/mol.